The fourth-order valence-electron chi connectivity index (χ4n) is 1.63. The van der Waals surface area contributed by atoms with E-state index >= 15 is 0 Å². The molecule has 88 valence electrons. The highest BCUT2D eigenvalue weighted by molar-refractivity contribution is 5.79. The number of methoxy groups -OCH3 is 2. The van der Waals surface area contributed by atoms with Crippen LogP contribution in [0.15, 0.2) is 12.1 Å². The van der Waals surface area contributed by atoms with Crippen LogP contribution >= 0.6 is 0 Å². The Labute approximate surface area is 96.4 Å². The van der Waals surface area contributed by atoms with Gasteiger partial charge in [-0.1, -0.05) is 13.3 Å². The van der Waals surface area contributed by atoms with Crippen molar-refractivity contribution >= 4 is 6.29 Å². The maximum Gasteiger partial charge on any atom is 0.161 e. The van der Waals surface area contributed by atoms with E-state index in [1.54, 1.807) is 20.3 Å². The first-order valence-electron chi connectivity index (χ1n) is 5.46. The van der Waals surface area contributed by atoms with Crippen LogP contribution in [0, 0.1) is 0 Å². The lowest BCUT2D eigenvalue weighted by Gasteiger charge is -2.11. The summed E-state index contributed by atoms with van der Waals surface area (Å²) in [5.74, 6) is 1.28. The Bertz CT molecular complexity index is 358. The van der Waals surface area contributed by atoms with Crippen molar-refractivity contribution in [1.82, 2.24) is 0 Å². The lowest BCUT2D eigenvalue weighted by molar-refractivity contribution is 0.112. The Kier molecular flexibility index (Phi) is 4.83. The smallest absolute Gasteiger partial charge is 0.161 e. The highest BCUT2D eigenvalue weighted by Crippen LogP contribution is 2.30. The monoisotopic (exact) mass is 222 g/mol. The Morgan fingerprint density at radius 2 is 1.81 bits per heavy atom. The number of benzene rings is 1. The lowest BCUT2D eigenvalue weighted by Crippen LogP contribution is -1.98. The first-order chi connectivity index (χ1) is 7.76. The van der Waals surface area contributed by atoms with Gasteiger partial charge in [-0.25, -0.2) is 0 Å². The summed E-state index contributed by atoms with van der Waals surface area (Å²) in [5.41, 5.74) is 1.71. The summed E-state index contributed by atoms with van der Waals surface area (Å²) in [6, 6.07) is 3.62. The Hall–Kier alpha value is -1.51. The van der Waals surface area contributed by atoms with Crippen molar-refractivity contribution in [2.24, 2.45) is 0 Å². The van der Waals surface area contributed by atoms with Crippen molar-refractivity contribution in [2.45, 2.75) is 26.2 Å². The maximum absolute atomic E-state index is 11.0. The van der Waals surface area contributed by atoms with Crippen molar-refractivity contribution in [3.8, 4) is 11.5 Å². The van der Waals surface area contributed by atoms with Gasteiger partial charge in [0.15, 0.2) is 11.5 Å². The third-order valence-corrected chi connectivity index (χ3v) is 2.57. The van der Waals surface area contributed by atoms with Crippen molar-refractivity contribution in [3.05, 3.63) is 23.3 Å². The topological polar surface area (TPSA) is 35.5 Å². The molecule has 0 bridgehead atoms. The predicted molar refractivity (Wildman–Crippen MR) is 63.5 cm³/mol. The van der Waals surface area contributed by atoms with Crippen LogP contribution in [0.4, 0.5) is 0 Å². The minimum Gasteiger partial charge on any atom is -0.493 e. The van der Waals surface area contributed by atoms with Crippen LogP contribution in [0.5, 0.6) is 11.5 Å². The molecule has 3 heteroatoms. The van der Waals surface area contributed by atoms with Gasteiger partial charge in [-0.3, -0.25) is 4.79 Å². The molecule has 0 amide bonds. The number of hydrogen-bond donors (Lipinski definition) is 0. The highest BCUT2D eigenvalue weighted by atomic mass is 16.5. The minimum absolute atomic E-state index is 0.602. The predicted octanol–water partition coefficient (Wildman–Crippen LogP) is 2.86. The molecule has 0 aromatic heterocycles. The van der Waals surface area contributed by atoms with E-state index < -0.39 is 0 Å². The fourth-order valence-corrected chi connectivity index (χ4v) is 1.63. The van der Waals surface area contributed by atoms with Crippen molar-refractivity contribution in [3.63, 3.8) is 0 Å². The molecule has 0 spiro atoms. The first kappa shape index (κ1) is 12.6. The van der Waals surface area contributed by atoms with Gasteiger partial charge in [-0.15, -0.1) is 0 Å². The van der Waals surface area contributed by atoms with Crippen molar-refractivity contribution in [1.29, 1.82) is 0 Å². The number of hydrogen-bond acceptors (Lipinski definition) is 3. The average Bonchev–Trinajstić information content (AvgIpc) is 2.35. The fraction of sp³-hybridized carbons (Fsp3) is 0.462. The molecule has 3 nitrogen and oxygen atoms in total. The molecule has 1 aromatic carbocycles. The number of rotatable bonds is 6. The number of unbranched alkanes of at least 4 members (excludes halogenated alkanes) is 1. The van der Waals surface area contributed by atoms with Gasteiger partial charge in [-0.05, 0) is 30.5 Å². The summed E-state index contributed by atoms with van der Waals surface area (Å²) < 4.78 is 10.4. The molecule has 0 N–H and O–H groups in total. The van der Waals surface area contributed by atoms with Crippen molar-refractivity contribution < 1.29 is 14.3 Å². The molecule has 0 atom stereocenters. The summed E-state index contributed by atoms with van der Waals surface area (Å²) in [5, 5.41) is 0. The second-order valence-corrected chi connectivity index (χ2v) is 3.63. The van der Waals surface area contributed by atoms with E-state index in [9.17, 15) is 4.79 Å². The van der Waals surface area contributed by atoms with E-state index in [2.05, 4.69) is 6.92 Å². The molecule has 0 unspecified atom stereocenters. The van der Waals surface area contributed by atoms with Crippen LogP contribution in [-0.4, -0.2) is 20.5 Å². The van der Waals surface area contributed by atoms with E-state index in [1.165, 1.54) is 0 Å². The van der Waals surface area contributed by atoms with Gasteiger partial charge in [0.25, 0.3) is 0 Å². The average molecular weight is 222 g/mol. The summed E-state index contributed by atoms with van der Waals surface area (Å²) in [7, 11) is 3.17. The van der Waals surface area contributed by atoms with E-state index in [0.29, 0.717) is 17.1 Å². The van der Waals surface area contributed by atoms with Crippen LogP contribution in [0.25, 0.3) is 0 Å². The second-order valence-electron chi connectivity index (χ2n) is 3.63. The zero-order valence-corrected chi connectivity index (χ0v) is 10.1. The number of carbonyl (C=O) groups excluding carboxylic acids is 1. The SMILES string of the molecule is CCCCc1cc(OC)c(OC)cc1C=O. The quantitative estimate of drug-likeness (QED) is 0.694. The zero-order valence-electron chi connectivity index (χ0n) is 10.1. The van der Waals surface area contributed by atoms with Gasteiger partial charge < -0.3 is 9.47 Å². The van der Waals surface area contributed by atoms with Gasteiger partial charge in [0.1, 0.15) is 6.29 Å². The van der Waals surface area contributed by atoms with Gasteiger partial charge in [-0.2, -0.15) is 0 Å². The van der Waals surface area contributed by atoms with Crippen LogP contribution in [-0.2, 0) is 6.42 Å². The molecule has 0 heterocycles. The molecule has 16 heavy (non-hydrogen) atoms. The molecule has 0 aliphatic carbocycles. The molecule has 0 saturated carbocycles. The summed E-state index contributed by atoms with van der Waals surface area (Å²) >= 11 is 0. The van der Waals surface area contributed by atoms with E-state index in [-0.39, 0.29) is 0 Å². The molecule has 0 fully saturated rings. The molecule has 0 radical (unpaired) electrons. The van der Waals surface area contributed by atoms with E-state index in [1.807, 2.05) is 6.07 Å². The van der Waals surface area contributed by atoms with Gasteiger partial charge >= 0.3 is 0 Å². The maximum atomic E-state index is 11.0. The summed E-state index contributed by atoms with van der Waals surface area (Å²) in [6.45, 7) is 2.13. The molecule has 0 aliphatic rings. The van der Waals surface area contributed by atoms with Crippen LogP contribution in [0.3, 0.4) is 0 Å². The Balaban J connectivity index is 3.09. The molecular formula is C13H18O3. The molecular weight excluding hydrogens is 204 g/mol. The number of aryl methyl sites for hydroxylation is 1. The minimum atomic E-state index is 0.602. The molecule has 0 aliphatic heterocycles. The number of carbonyl (C=O) groups is 1. The first-order valence-corrected chi connectivity index (χ1v) is 5.46. The molecule has 1 aromatic rings. The second kappa shape index (κ2) is 6.16. The van der Waals surface area contributed by atoms with Crippen LogP contribution in [0.1, 0.15) is 35.7 Å². The van der Waals surface area contributed by atoms with Crippen molar-refractivity contribution in [2.75, 3.05) is 14.2 Å². The number of aldehydes is 1. The highest BCUT2D eigenvalue weighted by Gasteiger charge is 2.10. The van der Waals surface area contributed by atoms with Gasteiger partial charge in [0.05, 0.1) is 14.2 Å². The third-order valence-electron chi connectivity index (χ3n) is 2.57. The lowest BCUT2D eigenvalue weighted by atomic mass is 10.0. The molecule has 0 saturated heterocycles. The zero-order chi connectivity index (χ0) is 12.0. The third kappa shape index (κ3) is 2.75. The Morgan fingerprint density at radius 1 is 1.19 bits per heavy atom. The number of ether oxygens (including phenoxy) is 2. The Morgan fingerprint density at radius 3 is 2.31 bits per heavy atom. The van der Waals surface area contributed by atoms with Crippen LogP contribution < -0.4 is 9.47 Å². The summed E-state index contributed by atoms with van der Waals surface area (Å²) in [6.07, 6.45) is 3.93. The van der Waals surface area contributed by atoms with Crippen LogP contribution in [0.2, 0.25) is 0 Å². The normalized spacial score (nSPS) is 9.94. The van der Waals surface area contributed by atoms with E-state index in [0.717, 1.165) is 31.1 Å². The van der Waals surface area contributed by atoms with Gasteiger partial charge in [0.2, 0.25) is 0 Å². The largest absolute Gasteiger partial charge is 0.493 e. The van der Waals surface area contributed by atoms with Gasteiger partial charge in [0, 0.05) is 5.56 Å². The van der Waals surface area contributed by atoms with E-state index in [4.69, 9.17) is 9.47 Å². The standard InChI is InChI=1S/C13H18O3/c1-4-5-6-10-7-12(15-2)13(16-3)8-11(10)9-14/h7-9H,4-6H2,1-3H3. The summed E-state index contributed by atoms with van der Waals surface area (Å²) in [4.78, 5) is 11.0. The molecule has 1 rings (SSSR count).